The fourth-order valence-corrected chi connectivity index (χ4v) is 4.05. The SMILES string of the molecule is CCCOc1ccc(N2C(=O)NC(=O)/C(=C/c3ccc(OCC(=O)Nc4ccccc4)c(OCC)c3)C2=O)cc1OC. The molecule has 1 fully saturated rings. The molecular weight excluding hydrogens is 542 g/mol. The number of carbonyl (C=O) groups excluding carboxylic acids is 4. The summed E-state index contributed by atoms with van der Waals surface area (Å²) in [4.78, 5) is 52.0. The van der Waals surface area contributed by atoms with Crippen LogP contribution in [0.15, 0.2) is 72.3 Å². The molecule has 0 saturated carbocycles. The number of rotatable bonds is 12. The highest BCUT2D eigenvalue weighted by molar-refractivity contribution is 6.39. The van der Waals surface area contributed by atoms with Crippen LogP contribution in [-0.4, -0.2) is 50.7 Å². The Morgan fingerprint density at radius 3 is 2.33 bits per heavy atom. The number of nitrogens with zero attached hydrogens (tertiary/aromatic N) is 1. The molecule has 42 heavy (non-hydrogen) atoms. The van der Waals surface area contributed by atoms with E-state index >= 15 is 0 Å². The molecule has 218 valence electrons. The van der Waals surface area contributed by atoms with Crippen molar-refractivity contribution in [3.05, 3.63) is 77.9 Å². The lowest BCUT2D eigenvalue weighted by molar-refractivity contribution is -0.122. The van der Waals surface area contributed by atoms with Gasteiger partial charge >= 0.3 is 6.03 Å². The van der Waals surface area contributed by atoms with Crippen LogP contribution < -0.4 is 34.5 Å². The Bertz CT molecular complexity index is 1500. The van der Waals surface area contributed by atoms with Crippen molar-refractivity contribution < 1.29 is 38.1 Å². The highest BCUT2D eigenvalue weighted by atomic mass is 16.5. The summed E-state index contributed by atoms with van der Waals surface area (Å²) < 4.78 is 22.4. The van der Waals surface area contributed by atoms with Gasteiger partial charge in [-0.05, 0) is 61.4 Å². The van der Waals surface area contributed by atoms with E-state index in [-0.39, 0.29) is 23.8 Å². The minimum atomic E-state index is -0.890. The molecule has 1 heterocycles. The number of anilines is 2. The standard InChI is InChI=1S/C31H31N3O8/c1-4-15-41-24-14-12-22(18-26(24)39-3)34-30(37)23(29(36)33-31(34)38)16-20-11-13-25(27(17-20)40-5-2)42-19-28(35)32-21-9-7-6-8-10-21/h6-14,16-18H,4-5,15,19H2,1-3H3,(H,32,35)(H,33,36,38)/b23-16-. The van der Waals surface area contributed by atoms with Crippen LogP contribution in [0.3, 0.4) is 0 Å². The molecule has 2 N–H and O–H groups in total. The maximum atomic E-state index is 13.4. The first-order valence-electron chi connectivity index (χ1n) is 13.3. The van der Waals surface area contributed by atoms with Gasteiger partial charge in [-0.15, -0.1) is 0 Å². The topological polar surface area (TPSA) is 132 Å². The molecule has 0 spiro atoms. The molecule has 3 aromatic rings. The molecule has 3 aromatic carbocycles. The average molecular weight is 574 g/mol. The summed E-state index contributed by atoms with van der Waals surface area (Å²) in [5.41, 5.74) is 1.01. The molecule has 11 heteroatoms. The summed E-state index contributed by atoms with van der Waals surface area (Å²) in [6.07, 6.45) is 2.14. The van der Waals surface area contributed by atoms with Crippen LogP contribution in [0.4, 0.5) is 16.2 Å². The monoisotopic (exact) mass is 573 g/mol. The Hall–Kier alpha value is -5.32. The Morgan fingerprint density at radius 2 is 1.62 bits per heavy atom. The Balaban J connectivity index is 1.55. The fraction of sp³-hybridized carbons (Fsp3) is 0.226. The van der Waals surface area contributed by atoms with E-state index in [1.54, 1.807) is 55.5 Å². The first-order chi connectivity index (χ1) is 20.3. The second kappa shape index (κ2) is 13.8. The predicted molar refractivity (Wildman–Crippen MR) is 156 cm³/mol. The molecule has 0 unspecified atom stereocenters. The third-order valence-corrected chi connectivity index (χ3v) is 5.96. The number of benzene rings is 3. The third kappa shape index (κ3) is 7.05. The van der Waals surface area contributed by atoms with E-state index in [1.807, 2.05) is 13.0 Å². The number of amides is 5. The first kappa shape index (κ1) is 29.7. The minimum Gasteiger partial charge on any atom is -0.493 e. The molecule has 0 aliphatic carbocycles. The van der Waals surface area contributed by atoms with Crippen LogP contribution in [0.25, 0.3) is 6.08 Å². The van der Waals surface area contributed by atoms with Crippen molar-refractivity contribution in [2.75, 3.05) is 37.1 Å². The second-order valence-corrected chi connectivity index (χ2v) is 8.98. The molecule has 1 saturated heterocycles. The molecule has 0 atom stereocenters. The number of urea groups is 1. The van der Waals surface area contributed by atoms with Gasteiger partial charge in [-0.3, -0.25) is 19.7 Å². The predicted octanol–water partition coefficient (Wildman–Crippen LogP) is 4.57. The molecule has 0 aromatic heterocycles. The third-order valence-electron chi connectivity index (χ3n) is 5.96. The van der Waals surface area contributed by atoms with Crippen LogP contribution in [-0.2, 0) is 14.4 Å². The molecule has 1 aliphatic rings. The number of para-hydroxylation sites is 1. The van der Waals surface area contributed by atoms with Gasteiger partial charge in [0.15, 0.2) is 29.6 Å². The second-order valence-electron chi connectivity index (χ2n) is 8.98. The Kier molecular flexibility index (Phi) is 9.77. The number of ether oxygens (including phenoxy) is 4. The molecule has 0 bridgehead atoms. The fourth-order valence-electron chi connectivity index (χ4n) is 4.05. The van der Waals surface area contributed by atoms with Crippen molar-refractivity contribution in [2.45, 2.75) is 20.3 Å². The van der Waals surface area contributed by atoms with E-state index in [9.17, 15) is 19.2 Å². The van der Waals surface area contributed by atoms with E-state index in [0.717, 1.165) is 11.3 Å². The summed E-state index contributed by atoms with van der Waals surface area (Å²) in [5.74, 6) is -0.609. The lowest BCUT2D eigenvalue weighted by Crippen LogP contribution is -2.54. The number of carbonyl (C=O) groups is 4. The Labute approximate surface area is 243 Å². The highest BCUT2D eigenvalue weighted by Crippen LogP contribution is 2.34. The molecule has 1 aliphatic heterocycles. The van der Waals surface area contributed by atoms with Gasteiger partial charge in [0.2, 0.25) is 0 Å². The van der Waals surface area contributed by atoms with Gasteiger partial charge in [0.25, 0.3) is 17.7 Å². The van der Waals surface area contributed by atoms with Crippen LogP contribution in [0.5, 0.6) is 23.0 Å². The largest absolute Gasteiger partial charge is 0.493 e. The zero-order chi connectivity index (χ0) is 30.1. The lowest BCUT2D eigenvalue weighted by atomic mass is 10.1. The van der Waals surface area contributed by atoms with Gasteiger partial charge in [0, 0.05) is 11.8 Å². The number of barbiturate groups is 1. The van der Waals surface area contributed by atoms with Crippen molar-refractivity contribution in [3.63, 3.8) is 0 Å². The summed E-state index contributed by atoms with van der Waals surface area (Å²) in [7, 11) is 1.45. The van der Waals surface area contributed by atoms with E-state index < -0.39 is 17.8 Å². The smallest absolute Gasteiger partial charge is 0.335 e. The number of hydrogen-bond acceptors (Lipinski definition) is 8. The summed E-state index contributed by atoms with van der Waals surface area (Å²) >= 11 is 0. The molecule has 4 rings (SSSR count). The van der Waals surface area contributed by atoms with Gasteiger partial charge in [-0.25, -0.2) is 9.69 Å². The molecule has 11 nitrogen and oxygen atoms in total. The van der Waals surface area contributed by atoms with Crippen LogP contribution >= 0.6 is 0 Å². The van der Waals surface area contributed by atoms with Crippen molar-refractivity contribution in [2.24, 2.45) is 0 Å². The zero-order valence-electron chi connectivity index (χ0n) is 23.5. The van der Waals surface area contributed by atoms with Crippen LogP contribution in [0.2, 0.25) is 0 Å². The first-order valence-corrected chi connectivity index (χ1v) is 13.3. The minimum absolute atomic E-state index is 0.198. The van der Waals surface area contributed by atoms with Gasteiger partial charge in [-0.2, -0.15) is 0 Å². The van der Waals surface area contributed by atoms with Gasteiger partial charge in [-0.1, -0.05) is 31.2 Å². The van der Waals surface area contributed by atoms with Crippen molar-refractivity contribution in [1.29, 1.82) is 0 Å². The van der Waals surface area contributed by atoms with E-state index in [2.05, 4.69) is 10.6 Å². The average Bonchev–Trinajstić information content (AvgIpc) is 2.98. The quantitative estimate of drug-likeness (QED) is 0.238. The van der Waals surface area contributed by atoms with E-state index in [0.29, 0.717) is 47.5 Å². The van der Waals surface area contributed by atoms with Crippen LogP contribution in [0.1, 0.15) is 25.8 Å². The summed E-state index contributed by atoms with van der Waals surface area (Å²) in [6.45, 7) is 4.25. The van der Waals surface area contributed by atoms with Gasteiger partial charge in [0.05, 0.1) is 26.0 Å². The molecule has 0 radical (unpaired) electrons. The van der Waals surface area contributed by atoms with Gasteiger partial charge < -0.3 is 24.3 Å². The number of nitrogens with one attached hydrogen (secondary N) is 2. The van der Waals surface area contributed by atoms with Crippen molar-refractivity contribution in [3.8, 4) is 23.0 Å². The summed E-state index contributed by atoms with van der Waals surface area (Å²) in [5, 5.41) is 4.94. The lowest BCUT2D eigenvalue weighted by Gasteiger charge is -2.27. The normalized spacial score (nSPS) is 13.9. The highest BCUT2D eigenvalue weighted by Gasteiger charge is 2.37. The number of imide groups is 2. The number of hydrogen-bond donors (Lipinski definition) is 2. The number of methoxy groups -OCH3 is 1. The maximum Gasteiger partial charge on any atom is 0.335 e. The van der Waals surface area contributed by atoms with Crippen LogP contribution in [0, 0.1) is 0 Å². The Morgan fingerprint density at radius 1 is 0.881 bits per heavy atom. The van der Waals surface area contributed by atoms with Crippen molar-refractivity contribution >= 4 is 41.2 Å². The van der Waals surface area contributed by atoms with Gasteiger partial charge in [0.1, 0.15) is 5.57 Å². The summed E-state index contributed by atoms with van der Waals surface area (Å²) in [6, 6.07) is 17.4. The molecule has 5 amide bonds. The van der Waals surface area contributed by atoms with E-state index in [4.69, 9.17) is 18.9 Å². The van der Waals surface area contributed by atoms with Crippen molar-refractivity contribution in [1.82, 2.24) is 5.32 Å². The zero-order valence-corrected chi connectivity index (χ0v) is 23.5. The maximum absolute atomic E-state index is 13.4. The van der Waals surface area contributed by atoms with E-state index in [1.165, 1.54) is 25.3 Å². The molecular formula is C31H31N3O8.